The molecule has 2 nitrogen and oxygen atoms in total. The van der Waals surface area contributed by atoms with Gasteiger partial charge in [0.25, 0.3) is 0 Å². The third-order valence-electron chi connectivity index (χ3n) is 2.58. The molecule has 0 saturated carbocycles. The monoisotopic (exact) mass is 197 g/mol. The maximum atomic E-state index is 5.82. The molecule has 15 heavy (non-hydrogen) atoms. The van der Waals surface area contributed by atoms with Gasteiger partial charge in [-0.2, -0.15) is 0 Å². The average molecular weight is 197 g/mol. The van der Waals surface area contributed by atoms with Gasteiger partial charge < -0.3 is 9.72 Å². The summed E-state index contributed by atoms with van der Waals surface area (Å²) in [7, 11) is 0. The molecule has 0 radical (unpaired) electrons. The Kier molecular flexibility index (Phi) is 1.85. The van der Waals surface area contributed by atoms with Crippen molar-refractivity contribution in [2.45, 2.75) is 6.42 Å². The third kappa shape index (κ3) is 1.44. The van der Waals surface area contributed by atoms with Gasteiger partial charge >= 0.3 is 0 Å². The molecular formula is C13H11NO. The molecule has 0 bridgehead atoms. The van der Waals surface area contributed by atoms with Crippen LogP contribution < -0.4 is 4.74 Å². The van der Waals surface area contributed by atoms with Crippen LogP contribution in [0.1, 0.15) is 11.1 Å². The highest BCUT2D eigenvalue weighted by molar-refractivity contribution is 5.64. The van der Waals surface area contributed by atoms with Gasteiger partial charge in [-0.25, -0.2) is 0 Å². The lowest BCUT2D eigenvalue weighted by Gasteiger charge is -2.17. The first-order valence-corrected chi connectivity index (χ1v) is 5.02. The number of aromatic nitrogens is 1. The molecule has 1 aromatic carbocycles. The fraction of sp³-hybridized carbons (Fsp3) is 0.0769. The lowest BCUT2D eigenvalue weighted by atomic mass is 10.1. The molecule has 2 heterocycles. The molecule has 1 aliphatic heterocycles. The normalized spacial score (nSPS) is 14.0. The van der Waals surface area contributed by atoms with Crippen LogP contribution in [-0.2, 0) is 6.42 Å². The summed E-state index contributed by atoms with van der Waals surface area (Å²) in [6.45, 7) is 0. The van der Waals surface area contributed by atoms with E-state index in [9.17, 15) is 0 Å². The highest BCUT2D eigenvalue weighted by Crippen LogP contribution is 2.29. The zero-order chi connectivity index (χ0) is 10.1. The molecule has 0 fully saturated rings. The largest absolute Gasteiger partial charge is 0.457 e. The Bertz CT molecular complexity index is 497. The van der Waals surface area contributed by atoms with Crippen molar-refractivity contribution >= 4 is 5.76 Å². The molecule has 2 aromatic rings. The van der Waals surface area contributed by atoms with Gasteiger partial charge in [-0.15, -0.1) is 0 Å². The van der Waals surface area contributed by atoms with Crippen LogP contribution in [-0.4, -0.2) is 4.98 Å². The lowest BCUT2D eigenvalue weighted by molar-refractivity contribution is 0.498. The van der Waals surface area contributed by atoms with Crippen molar-refractivity contribution in [3.8, 4) is 5.75 Å². The Balaban J connectivity index is 1.96. The summed E-state index contributed by atoms with van der Waals surface area (Å²) in [5, 5.41) is 0. The van der Waals surface area contributed by atoms with E-state index < -0.39 is 0 Å². The summed E-state index contributed by atoms with van der Waals surface area (Å²) >= 11 is 0. The Labute approximate surface area is 88.2 Å². The van der Waals surface area contributed by atoms with Gasteiger partial charge in [-0.1, -0.05) is 18.2 Å². The van der Waals surface area contributed by atoms with Gasteiger partial charge in [0.1, 0.15) is 11.5 Å². The fourth-order valence-electron chi connectivity index (χ4n) is 1.79. The van der Waals surface area contributed by atoms with Gasteiger partial charge in [0, 0.05) is 18.0 Å². The number of hydrogen-bond acceptors (Lipinski definition) is 1. The molecule has 1 aromatic heterocycles. The number of hydrogen-bond donors (Lipinski definition) is 1. The molecule has 0 unspecified atom stereocenters. The standard InChI is InChI=1S/C13H11NO/c1-2-4-12-10(3-1)5-6-13(15-12)11-7-8-14-9-11/h1-4,6-9,14H,5H2. The lowest BCUT2D eigenvalue weighted by Crippen LogP contribution is -2.02. The Morgan fingerprint density at radius 2 is 2.07 bits per heavy atom. The number of para-hydroxylation sites is 1. The van der Waals surface area contributed by atoms with E-state index in [0.29, 0.717) is 0 Å². The predicted molar refractivity (Wildman–Crippen MR) is 59.5 cm³/mol. The topological polar surface area (TPSA) is 25.0 Å². The second-order valence-corrected chi connectivity index (χ2v) is 3.58. The van der Waals surface area contributed by atoms with Crippen LogP contribution in [0.25, 0.3) is 5.76 Å². The molecule has 0 amide bonds. The van der Waals surface area contributed by atoms with Crippen LogP contribution in [0.2, 0.25) is 0 Å². The molecule has 1 N–H and O–H groups in total. The zero-order valence-corrected chi connectivity index (χ0v) is 8.23. The third-order valence-corrected chi connectivity index (χ3v) is 2.58. The van der Waals surface area contributed by atoms with E-state index in [1.807, 2.05) is 36.7 Å². The summed E-state index contributed by atoms with van der Waals surface area (Å²) in [4.78, 5) is 3.03. The summed E-state index contributed by atoms with van der Waals surface area (Å²) in [5.74, 6) is 1.91. The van der Waals surface area contributed by atoms with E-state index in [2.05, 4.69) is 17.1 Å². The van der Waals surface area contributed by atoms with Crippen LogP contribution in [0, 0.1) is 0 Å². The van der Waals surface area contributed by atoms with Crippen molar-refractivity contribution in [2.75, 3.05) is 0 Å². The van der Waals surface area contributed by atoms with Crippen molar-refractivity contribution < 1.29 is 4.74 Å². The van der Waals surface area contributed by atoms with E-state index in [1.165, 1.54) is 5.56 Å². The highest BCUT2D eigenvalue weighted by Gasteiger charge is 2.12. The molecule has 0 saturated heterocycles. The van der Waals surface area contributed by atoms with Crippen LogP contribution in [0.4, 0.5) is 0 Å². The number of rotatable bonds is 1. The second kappa shape index (κ2) is 3.31. The van der Waals surface area contributed by atoms with Gasteiger partial charge in [0.15, 0.2) is 0 Å². The van der Waals surface area contributed by atoms with Gasteiger partial charge in [0.2, 0.25) is 0 Å². The van der Waals surface area contributed by atoms with E-state index >= 15 is 0 Å². The number of H-pyrrole nitrogens is 1. The second-order valence-electron chi connectivity index (χ2n) is 3.58. The maximum Gasteiger partial charge on any atom is 0.132 e. The minimum absolute atomic E-state index is 0.940. The first-order valence-electron chi connectivity index (χ1n) is 5.02. The summed E-state index contributed by atoms with van der Waals surface area (Å²) in [5.41, 5.74) is 2.35. The zero-order valence-electron chi connectivity index (χ0n) is 8.23. The Morgan fingerprint density at radius 3 is 2.93 bits per heavy atom. The predicted octanol–water partition coefficient (Wildman–Crippen LogP) is 2.99. The molecule has 0 spiro atoms. The molecule has 74 valence electrons. The van der Waals surface area contributed by atoms with Crippen LogP contribution in [0.3, 0.4) is 0 Å². The van der Waals surface area contributed by atoms with Crippen molar-refractivity contribution in [2.24, 2.45) is 0 Å². The molecule has 0 atom stereocenters. The van der Waals surface area contributed by atoms with Gasteiger partial charge in [-0.05, 0) is 30.2 Å². The molecule has 3 rings (SSSR count). The Morgan fingerprint density at radius 1 is 1.13 bits per heavy atom. The number of benzene rings is 1. The summed E-state index contributed by atoms with van der Waals surface area (Å²) < 4.78 is 5.82. The molecular weight excluding hydrogens is 186 g/mol. The maximum absolute atomic E-state index is 5.82. The van der Waals surface area contributed by atoms with E-state index in [-0.39, 0.29) is 0 Å². The van der Waals surface area contributed by atoms with Gasteiger partial charge in [-0.3, -0.25) is 0 Å². The molecule has 2 heteroatoms. The van der Waals surface area contributed by atoms with Crippen molar-refractivity contribution in [3.63, 3.8) is 0 Å². The molecule has 1 aliphatic rings. The van der Waals surface area contributed by atoms with Crippen molar-refractivity contribution in [1.82, 2.24) is 4.98 Å². The fourth-order valence-corrected chi connectivity index (χ4v) is 1.79. The number of ether oxygens (including phenoxy) is 1. The Hall–Kier alpha value is -1.96. The van der Waals surface area contributed by atoms with E-state index in [1.54, 1.807) is 0 Å². The number of nitrogens with one attached hydrogen (secondary N) is 1. The smallest absolute Gasteiger partial charge is 0.132 e. The van der Waals surface area contributed by atoms with Crippen LogP contribution in [0.15, 0.2) is 48.8 Å². The minimum atomic E-state index is 0.940. The number of fused-ring (bicyclic) bond motifs is 1. The van der Waals surface area contributed by atoms with Crippen molar-refractivity contribution in [1.29, 1.82) is 0 Å². The first kappa shape index (κ1) is 8.36. The van der Waals surface area contributed by atoms with Crippen molar-refractivity contribution in [3.05, 3.63) is 59.9 Å². The van der Waals surface area contributed by atoms with Crippen LogP contribution >= 0.6 is 0 Å². The summed E-state index contributed by atoms with van der Waals surface area (Å²) in [6, 6.07) is 10.2. The quantitative estimate of drug-likeness (QED) is 0.746. The number of allylic oxidation sites excluding steroid dienone is 1. The summed E-state index contributed by atoms with van der Waals surface area (Å²) in [6.07, 6.45) is 6.90. The number of aromatic amines is 1. The van der Waals surface area contributed by atoms with Gasteiger partial charge in [0.05, 0.1) is 0 Å². The molecule has 0 aliphatic carbocycles. The van der Waals surface area contributed by atoms with E-state index in [4.69, 9.17) is 4.74 Å². The van der Waals surface area contributed by atoms with E-state index in [0.717, 1.165) is 23.5 Å². The minimum Gasteiger partial charge on any atom is -0.457 e. The average Bonchev–Trinajstić information content (AvgIpc) is 2.82. The highest BCUT2D eigenvalue weighted by atomic mass is 16.5. The SMILES string of the molecule is C1=C(c2cc[nH]c2)Oc2ccccc2C1. The first-order chi connectivity index (χ1) is 7.43. The van der Waals surface area contributed by atoms with Crippen LogP contribution in [0.5, 0.6) is 5.75 Å².